The van der Waals surface area contributed by atoms with Crippen molar-refractivity contribution in [1.82, 2.24) is 24.6 Å². The van der Waals surface area contributed by atoms with Crippen molar-refractivity contribution in [1.29, 1.82) is 0 Å². The van der Waals surface area contributed by atoms with Gasteiger partial charge in [0.05, 0.1) is 12.6 Å². The maximum Gasteiger partial charge on any atom is 0.239 e. The molecule has 0 N–H and O–H groups in total. The van der Waals surface area contributed by atoms with Crippen LogP contribution in [0.1, 0.15) is 26.1 Å². The van der Waals surface area contributed by atoms with E-state index in [4.69, 9.17) is 0 Å². The minimum atomic E-state index is -0.109. The fourth-order valence-electron chi connectivity index (χ4n) is 1.97. The molecular formula is C12H23N5O. The molecule has 1 unspecified atom stereocenters. The summed E-state index contributed by atoms with van der Waals surface area (Å²) in [5.74, 6) is 1.02. The molecule has 0 saturated carbocycles. The molecule has 0 spiro atoms. The van der Waals surface area contributed by atoms with E-state index in [1.807, 2.05) is 23.4 Å². The molecule has 0 radical (unpaired) electrons. The van der Waals surface area contributed by atoms with E-state index in [0.717, 1.165) is 18.8 Å². The van der Waals surface area contributed by atoms with Gasteiger partial charge in [-0.05, 0) is 20.4 Å². The summed E-state index contributed by atoms with van der Waals surface area (Å²) in [6.07, 6.45) is 2.51. The number of aryl methyl sites for hydroxylation is 1. The van der Waals surface area contributed by atoms with Crippen LogP contribution in [0.15, 0.2) is 6.33 Å². The quantitative estimate of drug-likeness (QED) is 0.745. The maximum atomic E-state index is 12.0. The molecule has 0 saturated heterocycles. The molecule has 0 aliphatic heterocycles. The molecule has 0 bridgehead atoms. The van der Waals surface area contributed by atoms with E-state index in [2.05, 4.69) is 17.1 Å². The molecule has 1 aromatic heterocycles. The van der Waals surface area contributed by atoms with Crippen molar-refractivity contribution in [3.05, 3.63) is 12.2 Å². The van der Waals surface area contributed by atoms with Crippen LogP contribution in [0.4, 0.5) is 0 Å². The first-order chi connectivity index (χ1) is 8.51. The van der Waals surface area contributed by atoms with E-state index in [-0.39, 0.29) is 11.9 Å². The van der Waals surface area contributed by atoms with Gasteiger partial charge < -0.3 is 9.47 Å². The van der Waals surface area contributed by atoms with E-state index in [1.54, 1.807) is 25.3 Å². The maximum absolute atomic E-state index is 12.0. The highest BCUT2D eigenvalue weighted by molar-refractivity contribution is 5.81. The number of amides is 1. The first-order valence-electron chi connectivity index (χ1n) is 6.29. The fraction of sp³-hybridized carbons (Fsp3) is 0.750. The highest BCUT2D eigenvalue weighted by Crippen LogP contribution is 2.09. The molecule has 6 nitrogen and oxygen atoms in total. The van der Waals surface area contributed by atoms with Crippen LogP contribution in [-0.2, 0) is 17.9 Å². The molecule has 1 rings (SSSR count). The Hall–Kier alpha value is -1.43. The summed E-state index contributed by atoms with van der Waals surface area (Å²) in [5.41, 5.74) is 0. The molecule has 0 fully saturated rings. The minimum Gasteiger partial charge on any atom is -0.347 e. The van der Waals surface area contributed by atoms with Gasteiger partial charge in [0.1, 0.15) is 12.2 Å². The number of hydrogen-bond acceptors (Lipinski definition) is 4. The fourth-order valence-corrected chi connectivity index (χ4v) is 1.97. The van der Waals surface area contributed by atoms with Crippen LogP contribution in [0.25, 0.3) is 0 Å². The average Bonchev–Trinajstić information content (AvgIpc) is 2.76. The zero-order valence-electron chi connectivity index (χ0n) is 11.9. The number of nitrogens with zero attached hydrogens (tertiary/aromatic N) is 5. The van der Waals surface area contributed by atoms with Gasteiger partial charge in [0.15, 0.2) is 0 Å². The Morgan fingerprint density at radius 3 is 2.56 bits per heavy atom. The van der Waals surface area contributed by atoms with E-state index in [1.165, 1.54) is 0 Å². The minimum absolute atomic E-state index is 0.109. The summed E-state index contributed by atoms with van der Waals surface area (Å²) in [6, 6.07) is -0.109. The molecule has 18 heavy (non-hydrogen) atoms. The number of carbonyl (C=O) groups is 1. The Balaban J connectivity index is 2.74. The summed E-state index contributed by atoms with van der Waals surface area (Å²) in [6.45, 7) is 5.54. The number of aromatic nitrogens is 3. The highest BCUT2D eigenvalue weighted by atomic mass is 16.2. The summed E-state index contributed by atoms with van der Waals surface area (Å²) in [7, 11) is 5.52. The molecule has 102 valence electrons. The van der Waals surface area contributed by atoms with Crippen molar-refractivity contribution in [2.75, 3.05) is 21.1 Å². The monoisotopic (exact) mass is 253 g/mol. The zero-order valence-corrected chi connectivity index (χ0v) is 11.9. The van der Waals surface area contributed by atoms with Gasteiger partial charge in [0.25, 0.3) is 0 Å². The van der Waals surface area contributed by atoms with Crippen LogP contribution < -0.4 is 0 Å². The smallest absolute Gasteiger partial charge is 0.239 e. The number of rotatable bonds is 6. The van der Waals surface area contributed by atoms with Crippen LogP contribution in [-0.4, -0.2) is 57.7 Å². The third-order valence-corrected chi connectivity index (χ3v) is 3.07. The van der Waals surface area contributed by atoms with Crippen LogP contribution in [0, 0.1) is 0 Å². The second-order valence-electron chi connectivity index (χ2n) is 4.61. The second-order valence-corrected chi connectivity index (χ2v) is 4.61. The lowest BCUT2D eigenvalue weighted by atomic mass is 10.1. The lowest BCUT2D eigenvalue weighted by Gasteiger charge is -2.28. The van der Waals surface area contributed by atoms with E-state index in [0.29, 0.717) is 6.54 Å². The Kier molecular flexibility index (Phi) is 5.27. The van der Waals surface area contributed by atoms with Crippen molar-refractivity contribution in [2.24, 2.45) is 0 Å². The van der Waals surface area contributed by atoms with Gasteiger partial charge in [0, 0.05) is 20.6 Å². The Bertz CT molecular complexity index is 388. The first kappa shape index (κ1) is 14.6. The predicted molar refractivity (Wildman–Crippen MR) is 69.9 cm³/mol. The van der Waals surface area contributed by atoms with Crippen LogP contribution in [0.5, 0.6) is 0 Å². The van der Waals surface area contributed by atoms with Gasteiger partial charge >= 0.3 is 0 Å². The predicted octanol–water partition coefficient (Wildman–Crippen LogP) is 0.597. The summed E-state index contributed by atoms with van der Waals surface area (Å²) in [5, 5.41) is 8.00. The van der Waals surface area contributed by atoms with Crippen molar-refractivity contribution < 1.29 is 4.79 Å². The molecule has 0 aliphatic carbocycles. The highest BCUT2D eigenvalue weighted by Gasteiger charge is 2.23. The summed E-state index contributed by atoms with van der Waals surface area (Å²) in [4.78, 5) is 15.7. The SMILES string of the molecule is CCC(C(=O)N(C)C)N(C)Cc1nncn1CC. The van der Waals surface area contributed by atoms with Crippen molar-refractivity contribution in [3.63, 3.8) is 0 Å². The van der Waals surface area contributed by atoms with E-state index in [9.17, 15) is 4.79 Å². The summed E-state index contributed by atoms with van der Waals surface area (Å²) >= 11 is 0. The summed E-state index contributed by atoms with van der Waals surface area (Å²) < 4.78 is 1.99. The Morgan fingerprint density at radius 1 is 1.39 bits per heavy atom. The van der Waals surface area contributed by atoms with Gasteiger partial charge in [-0.15, -0.1) is 10.2 Å². The molecule has 1 heterocycles. The molecule has 0 aliphatic rings. The Labute approximate surface area is 109 Å². The van der Waals surface area contributed by atoms with Gasteiger partial charge in [-0.25, -0.2) is 0 Å². The lowest BCUT2D eigenvalue weighted by molar-refractivity contribution is -0.134. The number of hydrogen-bond donors (Lipinski definition) is 0. The molecule has 6 heteroatoms. The molecule has 1 aromatic rings. The lowest BCUT2D eigenvalue weighted by Crippen LogP contribution is -2.44. The zero-order chi connectivity index (χ0) is 13.7. The van der Waals surface area contributed by atoms with Gasteiger partial charge in [-0.1, -0.05) is 6.92 Å². The third-order valence-electron chi connectivity index (χ3n) is 3.07. The third kappa shape index (κ3) is 3.29. The van der Waals surface area contributed by atoms with E-state index < -0.39 is 0 Å². The number of likely N-dealkylation sites (N-methyl/N-ethyl adjacent to an activating group) is 2. The van der Waals surface area contributed by atoms with Crippen molar-refractivity contribution >= 4 is 5.91 Å². The first-order valence-corrected chi connectivity index (χ1v) is 6.29. The van der Waals surface area contributed by atoms with Crippen molar-refractivity contribution in [3.8, 4) is 0 Å². The van der Waals surface area contributed by atoms with Crippen LogP contribution in [0.2, 0.25) is 0 Å². The molecule has 0 aromatic carbocycles. The largest absolute Gasteiger partial charge is 0.347 e. The van der Waals surface area contributed by atoms with Crippen LogP contribution >= 0.6 is 0 Å². The molecule has 1 amide bonds. The van der Waals surface area contributed by atoms with Gasteiger partial charge in [-0.3, -0.25) is 9.69 Å². The second kappa shape index (κ2) is 6.49. The van der Waals surface area contributed by atoms with Gasteiger partial charge in [-0.2, -0.15) is 0 Å². The van der Waals surface area contributed by atoms with E-state index >= 15 is 0 Å². The number of carbonyl (C=O) groups excluding carboxylic acids is 1. The Morgan fingerprint density at radius 2 is 2.06 bits per heavy atom. The molecule has 1 atom stereocenters. The van der Waals surface area contributed by atoms with Crippen LogP contribution in [0.3, 0.4) is 0 Å². The topological polar surface area (TPSA) is 54.3 Å². The van der Waals surface area contributed by atoms with Gasteiger partial charge in [0.2, 0.25) is 5.91 Å². The molecular weight excluding hydrogens is 230 g/mol. The normalized spacial score (nSPS) is 12.8. The van der Waals surface area contributed by atoms with Crippen molar-refractivity contribution in [2.45, 2.75) is 39.4 Å². The standard InChI is InChI=1S/C12H23N5O/c1-6-10(12(18)15(3)4)16(5)8-11-14-13-9-17(11)7-2/h9-10H,6-8H2,1-5H3. The average molecular weight is 253 g/mol.